The van der Waals surface area contributed by atoms with E-state index in [2.05, 4.69) is 29.5 Å². The summed E-state index contributed by atoms with van der Waals surface area (Å²) in [6, 6.07) is 0. The smallest absolute Gasteiger partial charge is 0.0978 e. The van der Waals surface area contributed by atoms with Crippen molar-refractivity contribution in [2.24, 2.45) is 4.99 Å². The Morgan fingerprint density at radius 3 is 1.65 bits per heavy atom. The highest BCUT2D eigenvalue weighted by molar-refractivity contribution is 5.83. The third-order valence-corrected chi connectivity index (χ3v) is 5.52. The van der Waals surface area contributed by atoms with Crippen molar-refractivity contribution >= 4 is 5.84 Å². The van der Waals surface area contributed by atoms with Crippen LogP contribution in [0, 0.1) is 0 Å². The molecular weight excluding hydrogens is 318 g/mol. The fraction of sp³-hybridized carbons (Fsp3) is 0.957. The second kappa shape index (κ2) is 17.8. The van der Waals surface area contributed by atoms with Crippen molar-refractivity contribution in [2.45, 2.75) is 129 Å². The fourth-order valence-corrected chi connectivity index (χ4v) is 3.85. The second-order valence-corrected chi connectivity index (χ2v) is 8.10. The van der Waals surface area contributed by atoms with E-state index < -0.39 is 0 Å². The van der Waals surface area contributed by atoms with Crippen LogP contribution in [0.15, 0.2) is 4.99 Å². The molecule has 0 saturated carbocycles. The highest BCUT2D eigenvalue weighted by Gasteiger charge is 2.14. The van der Waals surface area contributed by atoms with Crippen molar-refractivity contribution in [3.8, 4) is 0 Å². The van der Waals surface area contributed by atoms with E-state index in [0.29, 0.717) is 6.17 Å². The SMILES string of the molecule is CCCCCCCCCCCCCCCCCCC1=NCC(NCC)N1. The van der Waals surface area contributed by atoms with E-state index in [4.69, 9.17) is 0 Å². The number of aliphatic imine (C=N–C) groups is 1. The molecule has 3 heteroatoms. The molecule has 0 bridgehead atoms. The van der Waals surface area contributed by atoms with E-state index in [1.54, 1.807) is 0 Å². The molecule has 0 spiro atoms. The first-order valence-corrected chi connectivity index (χ1v) is 11.9. The summed E-state index contributed by atoms with van der Waals surface area (Å²) in [7, 11) is 0. The molecule has 0 amide bonds. The molecule has 0 aromatic carbocycles. The lowest BCUT2D eigenvalue weighted by atomic mass is 10.0. The molecule has 0 aliphatic carbocycles. The molecule has 0 saturated heterocycles. The van der Waals surface area contributed by atoms with Gasteiger partial charge in [-0.15, -0.1) is 0 Å². The van der Waals surface area contributed by atoms with Crippen molar-refractivity contribution < 1.29 is 0 Å². The van der Waals surface area contributed by atoms with E-state index in [1.165, 1.54) is 109 Å². The van der Waals surface area contributed by atoms with Crippen LogP contribution < -0.4 is 10.6 Å². The van der Waals surface area contributed by atoms with Gasteiger partial charge in [0.2, 0.25) is 0 Å². The summed E-state index contributed by atoms with van der Waals surface area (Å²) in [5.74, 6) is 1.22. The van der Waals surface area contributed by atoms with E-state index >= 15 is 0 Å². The summed E-state index contributed by atoms with van der Waals surface area (Å²) in [6.45, 7) is 6.36. The summed E-state index contributed by atoms with van der Waals surface area (Å²) >= 11 is 0. The predicted octanol–water partition coefficient (Wildman–Crippen LogP) is 6.58. The maximum absolute atomic E-state index is 4.59. The van der Waals surface area contributed by atoms with Gasteiger partial charge in [0.15, 0.2) is 0 Å². The first kappa shape index (κ1) is 23.5. The van der Waals surface area contributed by atoms with E-state index in [0.717, 1.165) is 19.5 Å². The topological polar surface area (TPSA) is 36.4 Å². The quantitative estimate of drug-likeness (QED) is 0.254. The Bertz CT molecular complexity index is 327. The maximum Gasteiger partial charge on any atom is 0.0978 e. The van der Waals surface area contributed by atoms with Crippen LogP contribution in [0.4, 0.5) is 0 Å². The lowest BCUT2D eigenvalue weighted by Gasteiger charge is -2.11. The normalized spacial score (nSPS) is 16.7. The molecule has 1 unspecified atom stereocenters. The Morgan fingerprint density at radius 2 is 1.19 bits per heavy atom. The van der Waals surface area contributed by atoms with Gasteiger partial charge in [-0.2, -0.15) is 0 Å². The van der Waals surface area contributed by atoms with Gasteiger partial charge < -0.3 is 5.32 Å². The predicted molar refractivity (Wildman–Crippen MR) is 117 cm³/mol. The van der Waals surface area contributed by atoms with Gasteiger partial charge in [-0.25, -0.2) is 0 Å². The van der Waals surface area contributed by atoms with Crippen LogP contribution in [0.3, 0.4) is 0 Å². The third kappa shape index (κ3) is 13.6. The number of hydrogen-bond donors (Lipinski definition) is 2. The first-order valence-electron chi connectivity index (χ1n) is 11.9. The molecule has 1 aliphatic heterocycles. The number of rotatable bonds is 19. The highest BCUT2D eigenvalue weighted by atomic mass is 15.2. The summed E-state index contributed by atoms with van der Waals surface area (Å²) in [5.41, 5.74) is 0. The molecule has 1 rings (SSSR count). The molecule has 0 aromatic heterocycles. The summed E-state index contributed by atoms with van der Waals surface area (Å²) in [6.07, 6.45) is 24.4. The van der Waals surface area contributed by atoms with Gasteiger partial charge in [-0.05, 0) is 13.0 Å². The van der Waals surface area contributed by atoms with Crippen molar-refractivity contribution in [3.63, 3.8) is 0 Å². The van der Waals surface area contributed by atoms with Gasteiger partial charge in [0.1, 0.15) is 0 Å². The Labute approximate surface area is 164 Å². The van der Waals surface area contributed by atoms with Crippen LogP contribution >= 0.6 is 0 Å². The minimum absolute atomic E-state index is 0.385. The highest BCUT2D eigenvalue weighted by Crippen LogP contribution is 2.14. The number of nitrogens with zero attached hydrogens (tertiary/aromatic N) is 1. The average molecular weight is 366 g/mol. The van der Waals surface area contributed by atoms with Gasteiger partial charge in [0.05, 0.1) is 18.5 Å². The van der Waals surface area contributed by atoms with E-state index in [9.17, 15) is 0 Å². The van der Waals surface area contributed by atoms with Crippen LogP contribution in [-0.2, 0) is 0 Å². The van der Waals surface area contributed by atoms with Crippen molar-refractivity contribution in [3.05, 3.63) is 0 Å². The first-order chi connectivity index (χ1) is 12.9. The molecule has 26 heavy (non-hydrogen) atoms. The summed E-state index contributed by atoms with van der Waals surface area (Å²) < 4.78 is 0. The van der Waals surface area contributed by atoms with Crippen molar-refractivity contribution in [2.75, 3.05) is 13.1 Å². The summed E-state index contributed by atoms with van der Waals surface area (Å²) in [4.78, 5) is 4.59. The molecule has 0 radical (unpaired) electrons. The molecule has 154 valence electrons. The molecule has 0 aromatic rings. The van der Waals surface area contributed by atoms with Crippen LogP contribution in [0.2, 0.25) is 0 Å². The van der Waals surface area contributed by atoms with Gasteiger partial charge in [0, 0.05) is 6.42 Å². The van der Waals surface area contributed by atoms with Crippen LogP contribution in [0.1, 0.15) is 123 Å². The van der Waals surface area contributed by atoms with Gasteiger partial charge in [0.25, 0.3) is 0 Å². The number of nitrogens with one attached hydrogen (secondary N) is 2. The molecule has 1 heterocycles. The zero-order chi connectivity index (χ0) is 18.7. The number of unbranched alkanes of at least 4 members (excludes halogenated alkanes) is 15. The molecular formula is C23H47N3. The fourth-order valence-electron chi connectivity index (χ4n) is 3.85. The molecule has 0 fully saturated rings. The van der Waals surface area contributed by atoms with Crippen LogP contribution in [0.5, 0.6) is 0 Å². The Balaban J connectivity index is 1.71. The molecule has 3 nitrogen and oxygen atoms in total. The van der Waals surface area contributed by atoms with Gasteiger partial charge in [-0.1, -0.05) is 110 Å². The minimum Gasteiger partial charge on any atom is -0.357 e. The number of hydrogen-bond acceptors (Lipinski definition) is 3. The molecule has 1 atom stereocenters. The third-order valence-electron chi connectivity index (χ3n) is 5.52. The molecule has 1 aliphatic rings. The average Bonchev–Trinajstić information content (AvgIpc) is 3.09. The zero-order valence-electron chi connectivity index (χ0n) is 18.0. The molecule has 2 N–H and O–H groups in total. The van der Waals surface area contributed by atoms with Crippen LogP contribution in [0.25, 0.3) is 0 Å². The zero-order valence-corrected chi connectivity index (χ0v) is 18.0. The number of likely N-dealkylation sites (N-methyl/N-ethyl adjacent to an activating group) is 1. The summed E-state index contributed by atoms with van der Waals surface area (Å²) in [5, 5.41) is 6.89. The van der Waals surface area contributed by atoms with Gasteiger partial charge >= 0.3 is 0 Å². The lowest BCUT2D eigenvalue weighted by Crippen LogP contribution is -2.42. The second-order valence-electron chi connectivity index (χ2n) is 8.10. The maximum atomic E-state index is 4.59. The monoisotopic (exact) mass is 365 g/mol. The van der Waals surface area contributed by atoms with E-state index in [-0.39, 0.29) is 0 Å². The lowest BCUT2D eigenvalue weighted by molar-refractivity contribution is 0.526. The standard InChI is InChI=1S/C23H47N3/c1-3-5-6-7-8-9-10-11-12-13-14-15-16-17-18-19-20-22-25-21-23(26-22)24-4-2/h23-24H,3-21H2,1-2H3,(H,25,26). The van der Waals surface area contributed by atoms with Gasteiger partial charge in [-0.3, -0.25) is 10.3 Å². The minimum atomic E-state index is 0.385. The Kier molecular flexibility index (Phi) is 16.1. The van der Waals surface area contributed by atoms with Crippen LogP contribution in [-0.4, -0.2) is 25.1 Å². The van der Waals surface area contributed by atoms with E-state index in [1.807, 2.05) is 0 Å². The Hall–Kier alpha value is -0.570. The van der Waals surface area contributed by atoms with Crippen molar-refractivity contribution in [1.29, 1.82) is 0 Å². The Morgan fingerprint density at radius 1 is 0.731 bits per heavy atom. The van der Waals surface area contributed by atoms with Crippen molar-refractivity contribution in [1.82, 2.24) is 10.6 Å². The number of amidine groups is 1. The largest absolute Gasteiger partial charge is 0.357 e.